The molecule has 2 saturated heterocycles. The number of primary amides is 1. The van der Waals surface area contributed by atoms with Gasteiger partial charge in [-0.05, 0) is 87.1 Å². The van der Waals surface area contributed by atoms with Crippen LogP contribution in [-0.4, -0.2) is 127 Å². The average Bonchev–Trinajstić information content (AvgIpc) is 3.87. The minimum atomic E-state index is -0.712. The number of aryl methyl sites for hydroxylation is 3. The second kappa shape index (κ2) is 28.3. The lowest BCUT2D eigenvalue weighted by Gasteiger charge is -2.31. The van der Waals surface area contributed by atoms with Crippen LogP contribution in [-0.2, 0) is 69.4 Å². The molecule has 0 spiro atoms. The number of likely N-dealkylation sites (tertiary alicyclic amines) is 1. The Kier molecular flexibility index (Phi) is 22.4. The molecule has 378 valence electrons. The molecule has 1 aromatic heterocycles. The maximum Gasteiger partial charge on any atom is 0.329 e. The third kappa shape index (κ3) is 16.9. The Balaban J connectivity index is 0.891. The van der Waals surface area contributed by atoms with Gasteiger partial charge in [0.15, 0.2) is 0 Å². The Morgan fingerprint density at radius 1 is 0.913 bits per heavy atom. The number of amides is 5. The highest BCUT2D eigenvalue weighted by Crippen LogP contribution is 2.26. The van der Waals surface area contributed by atoms with Crippen molar-refractivity contribution in [3.63, 3.8) is 0 Å². The molecule has 1 unspecified atom stereocenters. The molecule has 0 aliphatic carbocycles. The fraction of sp³-hybridized carbons (Fsp3) is 0.608. The summed E-state index contributed by atoms with van der Waals surface area (Å²) in [4.78, 5) is 76.2. The van der Waals surface area contributed by atoms with Gasteiger partial charge in [-0.3, -0.25) is 38.4 Å². The van der Waals surface area contributed by atoms with Crippen molar-refractivity contribution in [1.29, 1.82) is 0 Å². The maximum atomic E-state index is 13.2. The van der Waals surface area contributed by atoms with Gasteiger partial charge in [0.05, 0.1) is 56.2 Å². The molecule has 18 heteroatoms. The van der Waals surface area contributed by atoms with E-state index in [0.29, 0.717) is 83.9 Å². The molecule has 0 saturated carbocycles. The predicted octanol–water partition coefficient (Wildman–Crippen LogP) is 2.55. The highest BCUT2D eigenvalue weighted by molar-refractivity contribution is 6.00. The first-order valence-corrected chi connectivity index (χ1v) is 24.6. The van der Waals surface area contributed by atoms with Crippen LogP contribution in [0, 0.1) is 18.3 Å². The minimum absolute atomic E-state index is 0.0322. The number of carbonyl (C=O) groups is 5. The second-order valence-corrected chi connectivity index (χ2v) is 18.2. The van der Waals surface area contributed by atoms with Gasteiger partial charge in [-0.1, -0.05) is 50.1 Å². The number of nitrogens with one attached hydrogen (secondary N) is 3. The number of ether oxygens (including phenoxy) is 4. The molecule has 2 fully saturated rings. The monoisotopic (exact) mass is 959 g/mol. The number of unbranched alkanes of at least 4 members (excludes halogenated alkanes) is 1. The van der Waals surface area contributed by atoms with E-state index in [9.17, 15) is 28.8 Å². The normalized spacial score (nSPS) is 18.5. The maximum absolute atomic E-state index is 13.2. The van der Waals surface area contributed by atoms with Crippen molar-refractivity contribution < 1.29 is 42.9 Å². The van der Waals surface area contributed by atoms with E-state index in [1.54, 1.807) is 7.05 Å². The van der Waals surface area contributed by atoms with Gasteiger partial charge < -0.3 is 45.9 Å². The number of hydrogen-bond donors (Lipinski definition) is 5. The number of aromatic nitrogens is 2. The summed E-state index contributed by atoms with van der Waals surface area (Å²) < 4.78 is 26.1. The second-order valence-electron chi connectivity index (χ2n) is 18.2. The van der Waals surface area contributed by atoms with Crippen molar-refractivity contribution in [3.05, 3.63) is 69.6 Å². The third-order valence-corrected chi connectivity index (χ3v) is 12.9. The van der Waals surface area contributed by atoms with Crippen molar-refractivity contribution >= 4 is 40.6 Å². The van der Waals surface area contributed by atoms with E-state index in [2.05, 4.69) is 40.9 Å². The summed E-state index contributed by atoms with van der Waals surface area (Å²) in [6.45, 7) is 7.87. The number of rotatable bonds is 31. The van der Waals surface area contributed by atoms with Crippen LogP contribution in [0.5, 0.6) is 0 Å². The molecule has 2 aromatic carbocycles. The van der Waals surface area contributed by atoms with Gasteiger partial charge in [0.1, 0.15) is 12.6 Å². The number of piperidine rings is 1. The number of nitrogens with two attached hydrogens (primary N) is 2. The number of fused-ring (bicyclic) bond motifs is 1. The summed E-state index contributed by atoms with van der Waals surface area (Å²) in [5.74, 6) is 1.37. The van der Waals surface area contributed by atoms with Gasteiger partial charge in [-0.15, -0.1) is 12.3 Å². The van der Waals surface area contributed by atoms with Gasteiger partial charge in [-0.25, -0.2) is 4.79 Å². The van der Waals surface area contributed by atoms with Crippen molar-refractivity contribution in [3.8, 4) is 12.3 Å². The van der Waals surface area contributed by atoms with Crippen LogP contribution in [0.15, 0.2) is 47.3 Å². The van der Waals surface area contributed by atoms with Crippen LogP contribution in [0.3, 0.4) is 0 Å². The zero-order valence-electron chi connectivity index (χ0n) is 40.7. The molecule has 0 radical (unpaired) electrons. The van der Waals surface area contributed by atoms with E-state index in [0.717, 1.165) is 60.7 Å². The molecule has 3 heterocycles. The SMILES string of the molecule is C#C[C@H]1C[C@@H](CN[C@@H](CCC(N)=O)[C@@H](C)OCc2ccc(CCCNC(=O)COCCOCCOCCCc3ccc4c(c3)n(C)c(=O)n4C3CCC(=O)NC3=O)cc2)N(C(=O)[C@@H](N)CCCC)C1. The van der Waals surface area contributed by atoms with Crippen LogP contribution in [0.25, 0.3) is 11.0 Å². The number of terminal acetylenes is 1. The highest BCUT2D eigenvalue weighted by atomic mass is 16.5. The molecule has 6 atom stereocenters. The molecule has 2 aliphatic heterocycles. The van der Waals surface area contributed by atoms with Crippen molar-refractivity contribution in [1.82, 2.24) is 30.0 Å². The highest BCUT2D eigenvalue weighted by Gasteiger charge is 2.37. The Labute approximate surface area is 405 Å². The molecular formula is C51H74N8O10. The van der Waals surface area contributed by atoms with E-state index in [1.165, 1.54) is 9.13 Å². The zero-order valence-corrected chi connectivity index (χ0v) is 40.7. The number of nitrogens with zero attached hydrogens (tertiary/aromatic N) is 3. The molecule has 69 heavy (non-hydrogen) atoms. The van der Waals surface area contributed by atoms with E-state index >= 15 is 0 Å². The molecule has 5 rings (SSSR count). The third-order valence-electron chi connectivity index (χ3n) is 12.9. The summed E-state index contributed by atoms with van der Waals surface area (Å²) in [7, 11) is 1.68. The lowest BCUT2D eigenvalue weighted by molar-refractivity contribution is -0.136. The summed E-state index contributed by atoms with van der Waals surface area (Å²) in [6.07, 6.45) is 13.0. The Morgan fingerprint density at radius 2 is 1.61 bits per heavy atom. The first kappa shape index (κ1) is 54.5. The molecule has 0 bridgehead atoms. The Hall–Kier alpha value is -5.42. The number of benzene rings is 2. The summed E-state index contributed by atoms with van der Waals surface area (Å²) in [5.41, 5.74) is 16.1. The van der Waals surface area contributed by atoms with Gasteiger partial charge in [-0.2, -0.15) is 0 Å². The Morgan fingerprint density at radius 3 is 2.32 bits per heavy atom. The molecule has 5 amide bonds. The quantitative estimate of drug-likeness (QED) is 0.0355. The van der Waals surface area contributed by atoms with E-state index in [-0.39, 0.29) is 79.5 Å². The summed E-state index contributed by atoms with van der Waals surface area (Å²) in [5, 5.41) is 8.78. The fourth-order valence-electron chi connectivity index (χ4n) is 8.84. The van der Waals surface area contributed by atoms with Gasteiger partial charge in [0.25, 0.3) is 0 Å². The number of imide groups is 1. The number of hydrogen-bond acceptors (Lipinski definition) is 12. The number of carbonyl (C=O) groups excluding carboxylic acids is 5. The number of imidazole rings is 1. The molecular weight excluding hydrogens is 885 g/mol. The summed E-state index contributed by atoms with van der Waals surface area (Å²) >= 11 is 0. The van der Waals surface area contributed by atoms with Crippen LogP contribution in [0.1, 0.15) is 101 Å². The standard InChI is InChI=1S/C51H74N8O10/c1-5-7-12-41(52)50(64)58-32-36(6-2)29-40(58)31-55-42(18-21-46(53)60)35(3)69-33-39-15-13-37(14-16-39)10-8-23-54-48(62)34-68-28-27-67-26-25-66-24-9-11-38-17-19-43-45(30-38)57(4)51(65)59(43)44-20-22-47(61)56-49(44)63/h2,13-17,19,30,35-36,40-42,44,55H,5,7-12,18,20-29,31-34,52H2,1,3-4H3,(H2,53,60)(H,54,62)(H,56,61,63)/t35-,36+,40+,41+,42+,44?/m1/s1. The van der Waals surface area contributed by atoms with Crippen LogP contribution < -0.4 is 33.1 Å². The van der Waals surface area contributed by atoms with Crippen molar-refractivity contribution in [2.75, 3.05) is 59.3 Å². The summed E-state index contributed by atoms with van der Waals surface area (Å²) in [6, 6.07) is 12.4. The lowest BCUT2D eigenvalue weighted by atomic mass is 10.0. The lowest BCUT2D eigenvalue weighted by Crippen LogP contribution is -2.51. The first-order valence-electron chi connectivity index (χ1n) is 24.6. The van der Waals surface area contributed by atoms with E-state index in [1.807, 2.05) is 42.2 Å². The molecule has 7 N–H and O–H groups in total. The van der Waals surface area contributed by atoms with Gasteiger partial charge >= 0.3 is 5.69 Å². The van der Waals surface area contributed by atoms with Crippen LogP contribution >= 0.6 is 0 Å². The predicted molar refractivity (Wildman–Crippen MR) is 262 cm³/mol. The first-order chi connectivity index (χ1) is 33.3. The minimum Gasteiger partial charge on any atom is -0.379 e. The van der Waals surface area contributed by atoms with Crippen molar-refractivity contribution in [2.45, 2.75) is 128 Å². The van der Waals surface area contributed by atoms with Crippen LogP contribution in [0.2, 0.25) is 0 Å². The fourth-order valence-corrected chi connectivity index (χ4v) is 8.84. The van der Waals surface area contributed by atoms with Crippen molar-refractivity contribution in [2.24, 2.45) is 24.4 Å². The van der Waals surface area contributed by atoms with Crippen LogP contribution in [0.4, 0.5) is 0 Å². The van der Waals surface area contributed by atoms with Gasteiger partial charge in [0, 0.05) is 64.1 Å². The van der Waals surface area contributed by atoms with E-state index < -0.39 is 18.0 Å². The van der Waals surface area contributed by atoms with Gasteiger partial charge in [0.2, 0.25) is 29.5 Å². The molecule has 2 aliphatic rings. The average molecular weight is 959 g/mol. The Bertz CT molecular complexity index is 2250. The zero-order chi connectivity index (χ0) is 49.7. The largest absolute Gasteiger partial charge is 0.379 e. The smallest absolute Gasteiger partial charge is 0.329 e. The molecule has 3 aromatic rings. The van der Waals surface area contributed by atoms with E-state index in [4.69, 9.17) is 36.8 Å². The molecule has 18 nitrogen and oxygen atoms in total. The topological polar surface area (TPSA) is 241 Å².